The number of hydrogen-bond acceptors (Lipinski definition) is 5. The molecule has 0 bridgehead atoms. The van der Waals surface area contributed by atoms with Gasteiger partial charge in [-0.3, -0.25) is 14.4 Å². The highest BCUT2D eigenvalue weighted by Crippen LogP contribution is 2.32. The van der Waals surface area contributed by atoms with Gasteiger partial charge in [0.2, 0.25) is 11.8 Å². The van der Waals surface area contributed by atoms with Crippen molar-refractivity contribution in [2.75, 3.05) is 11.9 Å². The van der Waals surface area contributed by atoms with Crippen LogP contribution in [0.25, 0.3) is 0 Å². The van der Waals surface area contributed by atoms with Gasteiger partial charge in [0.1, 0.15) is 0 Å². The molecule has 0 aromatic carbocycles. The summed E-state index contributed by atoms with van der Waals surface area (Å²) in [6.07, 6.45) is 3.56. The maximum atomic E-state index is 12.3. The fourth-order valence-corrected chi connectivity index (χ4v) is 3.48. The standard InChI is InChI=1S/C17H23N3O3S/c1-4-6-18-16(23)11-8-12-15(13(21)9-11)24-17(19-12)20-14(22)7-10(3)5-2/h4,10-11H,1,5-9H2,2-3H3,(H,18,23)(H,19,20,22)/t10-,11-/m0/s1. The van der Waals surface area contributed by atoms with Crippen LogP contribution in [0, 0.1) is 11.8 Å². The Balaban J connectivity index is 2.04. The van der Waals surface area contributed by atoms with Crippen molar-refractivity contribution < 1.29 is 14.4 Å². The second-order valence-electron chi connectivity index (χ2n) is 6.12. The number of amides is 2. The van der Waals surface area contributed by atoms with Crippen molar-refractivity contribution in [2.45, 2.75) is 39.5 Å². The van der Waals surface area contributed by atoms with Gasteiger partial charge in [-0.1, -0.05) is 37.7 Å². The quantitative estimate of drug-likeness (QED) is 0.741. The van der Waals surface area contributed by atoms with Crippen LogP contribution in [0.15, 0.2) is 12.7 Å². The van der Waals surface area contributed by atoms with Crippen LogP contribution in [0.1, 0.15) is 48.5 Å². The zero-order valence-electron chi connectivity index (χ0n) is 14.1. The molecule has 0 saturated carbocycles. The number of carbonyl (C=O) groups excluding carboxylic acids is 3. The number of aromatic nitrogens is 1. The first-order valence-electron chi connectivity index (χ1n) is 8.15. The van der Waals surface area contributed by atoms with Crippen LogP contribution in [-0.4, -0.2) is 29.1 Å². The van der Waals surface area contributed by atoms with Gasteiger partial charge in [0.25, 0.3) is 0 Å². The van der Waals surface area contributed by atoms with E-state index < -0.39 is 5.92 Å². The van der Waals surface area contributed by atoms with Gasteiger partial charge < -0.3 is 10.6 Å². The molecule has 1 heterocycles. The van der Waals surface area contributed by atoms with Crippen LogP contribution in [0.3, 0.4) is 0 Å². The first kappa shape index (κ1) is 18.3. The van der Waals surface area contributed by atoms with E-state index in [1.807, 2.05) is 13.8 Å². The Morgan fingerprint density at radius 1 is 1.46 bits per heavy atom. The molecule has 2 N–H and O–H groups in total. The lowest BCUT2D eigenvalue weighted by Gasteiger charge is -2.19. The molecule has 0 spiro atoms. The highest BCUT2D eigenvalue weighted by Gasteiger charge is 2.33. The smallest absolute Gasteiger partial charge is 0.226 e. The third kappa shape index (κ3) is 4.50. The lowest BCUT2D eigenvalue weighted by Crippen LogP contribution is -2.35. The van der Waals surface area contributed by atoms with Crippen LogP contribution < -0.4 is 10.6 Å². The Kier molecular flexibility index (Phi) is 6.25. The molecule has 0 radical (unpaired) electrons. The molecule has 2 atom stereocenters. The average molecular weight is 349 g/mol. The second kappa shape index (κ2) is 8.19. The molecule has 6 nitrogen and oxygen atoms in total. The van der Waals surface area contributed by atoms with Crippen molar-refractivity contribution in [2.24, 2.45) is 11.8 Å². The minimum absolute atomic E-state index is 0.0880. The van der Waals surface area contributed by atoms with E-state index >= 15 is 0 Å². The van der Waals surface area contributed by atoms with Crippen molar-refractivity contribution in [1.29, 1.82) is 0 Å². The SMILES string of the molecule is C=CCNC(=O)[C@@H]1CC(=O)c2sc(NC(=O)C[C@@H](C)CC)nc2C1. The van der Waals surface area contributed by atoms with Gasteiger partial charge in [0.05, 0.1) is 16.5 Å². The molecule has 1 aliphatic carbocycles. The maximum absolute atomic E-state index is 12.3. The Morgan fingerprint density at radius 2 is 2.21 bits per heavy atom. The third-order valence-corrected chi connectivity index (χ3v) is 5.14. The topological polar surface area (TPSA) is 88.2 Å². The molecule has 2 rings (SSSR count). The number of nitrogens with one attached hydrogen (secondary N) is 2. The van der Waals surface area contributed by atoms with Gasteiger partial charge in [-0.15, -0.1) is 6.58 Å². The molecule has 0 unspecified atom stereocenters. The molecule has 0 saturated heterocycles. The highest BCUT2D eigenvalue weighted by atomic mass is 32.1. The predicted molar refractivity (Wildman–Crippen MR) is 94.2 cm³/mol. The number of anilines is 1. The lowest BCUT2D eigenvalue weighted by atomic mass is 9.89. The predicted octanol–water partition coefficient (Wildman–Crippen LogP) is 2.57. The minimum atomic E-state index is -0.407. The van der Waals surface area contributed by atoms with Crippen LogP contribution in [-0.2, 0) is 16.0 Å². The van der Waals surface area contributed by atoms with Gasteiger partial charge in [-0.2, -0.15) is 0 Å². The van der Waals surface area contributed by atoms with E-state index in [2.05, 4.69) is 22.2 Å². The molecule has 1 aliphatic rings. The number of nitrogens with zero attached hydrogens (tertiary/aromatic N) is 1. The van der Waals surface area contributed by atoms with Crippen LogP contribution >= 0.6 is 11.3 Å². The van der Waals surface area contributed by atoms with E-state index in [4.69, 9.17) is 0 Å². The Morgan fingerprint density at radius 3 is 2.88 bits per heavy atom. The summed E-state index contributed by atoms with van der Waals surface area (Å²) in [6, 6.07) is 0. The van der Waals surface area contributed by atoms with Crippen molar-refractivity contribution >= 4 is 34.1 Å². The molecule has 2 amide bonds. The van der Waals surface area contributed by atoms with Crippen LogP contribution in [0.4, 0.5) is 5.13 Å². The summed E-state index contributed by atoms with van der Waals surface area (Å²) in [4.78, 5) is 41.2. The molecule has 7 heteroatoms. The van der Waals surface area contributed by atoms with Crippen LogP contribution in [0.2, 0.25) is 0 Å². The summed E-state index contributed by atoms with van der Waals surface area (Å²) >= 11 is 1.20. The van der Waals surface area contributed by atoms with E-state index in [9.17, 15) is 14.4 Å². The fraction of sp³-hybridized carbons (Fsp3) is 0.529. The summed E-state index contributed by atoms with van der Waals surface area (Å²) in [6.45, 7) is 7.99. The number of hydrogen-bond donors (Lipinski definition) is 2. The largest absolute Gasteiger partial charge is 0.352 e. The molecule has 130 valence electrons. The monoisotopic (exact) mass is 349 g/mol. The number of ketones is 1. The first-order valence-corrected chi connectivity index (χ1v) is 8.97. The van der Waals surface area contributed by atoms with Gasteiger partial charge in [-0.25, -0.2) is 4.98 Å². The number of rotatable bonds is 7. The van der Waals surface area contributed by atoms with Crippen molar-refractivity contribution in [1.82, 2.24) is 10.3 Å². The van der Waals surface area contributed by atoms with Gasteiger partial charge in [0, 0.05) is 25.8 Å². The molecule has 1 aromatic heterocycles. The van der Waals surface area contributed by atoms with E-state index in [-0.39, 0.29) is 24.0 Å². The van der Waals surface area contributed by atoms with Crippen molar-refractivity contribution in [3.05, 3.63) is 23.2 Å². The summed E-state index contributed by atoms with van der Waals surface area (Å²) in [5.74, 6) is -0.447. The van der Waals surface area contributed by atoms with Gasteiger partial charge >= 0.3 is 0 Å². The summed E-state index contributed by atoms with van der Waals surface area (Å²) in [5, 5.41) is 5.92. The molecular weight excluding hydrogens is 326 g/mol. The molecule has 24 heavy (non-hydrogen) atoms. The van der Waals surface area contributed by atoms with Crippen molar-refractivity contribution in [3.63, 3.8) is 0 Å². The molecule has 1 aromatic rings. The van der Waals surface area contributed by atoms with Crippen LogP contribution in [0.5, 0.6) is 0 Å². The third-order valence-electron chi connectivity index (χ3n) is 4.09. The van der Waals surface area contributed by atoms with E-state index in [0.717, 1.165) is 6.42 Å². The summed E-state index contributed by atoms with van der Waals surface area (Å²) < 4.78 is 0. The van der Waals surface area contributed by atoms with Gasteiger partial charge in [-0.05, 0) is 5.92 Å². The minimum Gasteiger partial charge on any atom is -0.352 e. The molecular formula is C17H23N3O3S. The molecule has 0 aliphatic heterocycles. The van der Waals surface area contributed by atoms with E-state index in [1.165, 1.54) is 11.3 Å². The first-order chi connectivity index (χ1) is 11.4. The van der Waals surface area contributed by atoms with Gasteiger partial charge in [0.15, 0.2) is 10.9 Å². The highest BCUT2D eigenvalue weighted by molar-refractivity contribution is 7.17. The maximum Gasteiger partial charge on any atom is 0.226 e. The number of fused-ring (bicyclic) bond motifs is 1. The summed E-state index contributed by atoms with van der Waals surface area (Å²) in [7, 11) is 0. The number of carbonyl (C=O) groups is 3. The second-order valence-corrected chi connectivity index (χ2v) is 7.12. The average Bonchev–Trinajstić information content (AvgIpc) is 2.95. The lowest BCUT2D eigenvalue weighted by molar-refractivity contribution is -0.124. The van der Waals surface area contributed by atoms with Crippen molar-refractivity contribution in [3.8, 4) is 0 Å². The Bertz CT molecular complexity index is 654. The number of thiazole rings is 1. The zero-order valence-corrected chi connectivity index (χ0v) is 14.9. The molecule has 0 fully saturated rings. The normalized spacial score (nSPS) is 17.8. The van der Waals surface area contributed by atoms with E-state index in [0.29, 0.717) is 41.0 Å². The number of Topliss-reactive ketones (excluding diaryl/α,β-unsaturated/α-hetero) is 1. The zero-order chi connectivity index (χ0) is 17.7. The van der Waals surface area contributed by atoms with E-state index in [1.54, 1.807) is 6.08 Å². The summed E-state index contributed by atoms with van der Waals surface area (Å²) in [5.41, 5.74) is 0.605. The Labute approximate surface area is 145 Å². The Hall–Kier alpha value is -2.02. The fourth-order valence-electron chi connectivity index (χ4n) is 2.52.